The fourth-order valence-corrected chi connectivity index (χ4v) is 1.32. The number of hydrogen-bond acceptors (Lipinski definition) is 0. The molecule has 62 valence electrons. The van der Waals surface area contributed by atoms with Gasteiger partial charge in [-0.25, -0.2) is 0 Å². The van der Waals surface area contributed by atoms with E-state index in [-0.39, 0.29) is 19.5 Å². The molecule has 0 saturated carbocycles. The normalized spacial score (nSPS) is 18.7. The third-order valence-electron chi connectivity index (χ3n) is 1.54. The minimum atomic E-state index is 0. The second-order valence-corrected chi connectivity index (χ2v) is 3.26. The Morgan fingerprint density at radius 3 is 2.64 bits per heavy atom. The van der Waals surface area contributed by atoms with Gasteiger partial charge in [0.1, 0.15) is 0 Å². The van der Waals surface area contributed by atoms with Crippen LogP contribution in [0.4, 0.5) is 0 Å². The molecule has 0 nitrogen and oxygen atoms in total. The topological polar surface area (TPSA) is 0 Å². The zero-order valence-corrected chi connectivity index (χ0v) is 9.34. The molecule has 1 rings (SSSR count). The van der Waals surface area contributed by atoms with Crippen molar-refractivity contribution in [2.24, 2.45) is 0 Å². The number of halogens is 2. The molecule has 1 aliphatic rings. The van der Waals surface area contributed by atoms with Gasteiger partial charge in [-0.05, 0) is 31.8 Å². The van der Waals surface area contributed by atoms with Crippen molar-refractivity contribution in [3.63, 3.8) is 0 Å². The summed E-state index contributed by atoms with van der Waals surface area (Å²) in [5.41, 5.74) is 0. The fraction of sp³-hybridized carbons (Fsp3) is 0.500. The summed E-state index contributed by atoms with van der Waals surface area (Å²) in [5, 5.41) is 1.51. The van der Waals surface area contributed by atoms with Crippen LogP contribution >= 0.6 is 23.2 Å². The molecule has 0 radical (unpaired) electrons. The van der Waals surface area contributed by atoms with Crippen molar-refractivity contribution >= 4 is 23.2 Å². The molecule has 0 aromatic heterocycles. The molecular formula is C8H10Cl2Ru+2. The van der Waals surface area contributed by atoms with Crippen LogP contribution in [0, 0.1) is 0 Å². The van der Waals surface area contributed by atoms with Gasteiger partial charge in [0.05, 0.1) is 5.03 Å². The Balaban J connectivity index is 0.000001000. The van der Waals surface area contributed by atoms with Crippen molar-refractivity contribution in [3.05, 3.63) is 22.2 Å². The largest absolute Gasteiger partial charge is 2.00 e. The summed E-state index contributed by atoms with van der Waals surface area (Å²) in [6, 6.07) is 0. The third kappa shape index (κ3) is 4.30. The Morgan fingerprint density at radius 1 is 1.18 bits per heavy atom. The van der Waals surface area contributed by atoms with Gasteiger partial charge in [-0.15, -0.1) is 0 Å². The summed E-state index contributed by atoms with van der Waals surface area (Å²) in [4.78, 5) is 0. The van der Waals surface area contributed by atoms with Gasteiger partial charge in [-0.3, -0.25) is 0 Å². The fourth-order valence-electron chi connectivity index (χ4n) is 0.939. The molecule has 1 aliphatic carbocycles. The first-order chi connectivity index (χ1) is 4.80. The van der Waals surface area contributed by atoms with E-state index in [1.165, 1.54) is 6.42 Å². The smallest absolute Gasteiger partial charge is 0.0875 e. The molecule has 0 bridgehead atoms. The van der Waals surface area contributed by atoms with Gasteiger partial charge in [-0.2, -0.15) is 0 Å². The Labute approximate surface area is 90.4 Å². The number of rotatable bonds is 0. The van der Waals surface area contributed by atoms with Gasteiger partial charge in [-0.1, -0.05) is 29.3 Å². The van der Waals surface area contributed by atoms with Gasteiger partial charge in [0.15, 0.2) is 0 Å². The molecule has 0 amide bonds. The molecule has 0 aromatic carbocycles. The van der Waals surface area contributed by atoms with Crippen LogP contribution in [0.1, 0.15) is 25.7 Å². The van der Waals surface area contributed by atoms with Gasteiger partial charge in [0, 0.05) is 5.03 Å². The van der Waals surface area contributed by atoms with Crippen molar-refractivity contribution in [1.82, 2.24) is 0 Å². The quantitative estimate of drug-likeness (QED) is 0.591. The molecule has 0 aromatic rings. The second-order valence-electron chi connectivity index (χ2n) is 2.40. The van der Waals surface area contributed by atoms with Crippen LogP contribution in [0.15, 0.2) is 22.2 Å². The molecule has 0 fully saturated rings. The summed E-state index contributed by atoms with van der Waals surface area (Å²) in [7, 11) is 0. The van der Waals surface area contributed by atoms with Crippen LogP contribution < -0.4 is 0 Å². The predicted octanol–water partition coefficient (Wildman–Crippen LogP) is 3.80. The van der Waals surface area contributed by atoms with E-state index < -0.39 is 0 Å². The minimum Gasteiger partial charge on any atom is -0.0875 e. The van der Waals surface area contributed by atoms with Crippen molar-refractivity contribution in [2.45, 2.75) is 25.7 Å². The van der Waals surface area contributed by atoms with Crippen molar-refractivity contribution < 1.29 is 19.5 Å². The third-order valence-corrected chi connectivity index (χ3v) is 2.38. The maximum atomic E-state index is 5.84. The van der Waals surface area contributed by atoms with E-state index in [4.69, 9.17) is 23.2 Å². The number of allylic oxidation sites excluding steroid dienone is 4. The van der Waals surface area contributed by atoms with E-state index in [2.05, 4.69) is 6.08 Å². The summed E-state index contributed by atoms with van der Waals surface area (Å²) in [5.74, 6) is 0. The maximum absolute atomic E-state index is 5.84. The van der Waals surface area contributed by atoms with E-state index >= 15 is 0 Å². The summed E-state index contributed by atoms with van der Waals surface area (Å²) < 4.78 is 0. The molecule has 0 aliphatic heterocycles. The summed E-state index contributed by atoms with van der Waals surface area (Å²) in [6.45, 7) is 0. The summed E-state index contributed by atoms with van der Waals surface area (Å²) >= 11 is 11.6. The Bertz CT molecular complexity index is 173. The molecule has 0 N–H and O–H groups in total. The summed E-state index contributed by atoms with van der Waals surface area (Å²) in [6.07, 6.45) is 8.40. The van der Waals surface area contributed by atoms with Gasteiger partial charge < -0.3 is 0 Å². The first kappa shape index (κ1) is 11.7. The molecule has 0 heterocycles. The van der Waals surface area contributed by atoms with E-state index in [0.29, 0.717) is 5.03 Å². The van der Waals surface area contributed by atoms with Crippen LogP contribution in [0.2, 0.25) is 0 Å². The standard InChI is InChI=1S/C8H10Cl2.Ru/c9-7-5-3-1-2-4-6-8(7)10;/h3,5H,1-2,4,6H2;/q;+2. The molecule has 11 heavy (non-hydrogen) atoms. The van der Waals surface area contributed by atoms with Gasteiger partial charge in [0.25, 0.3) is 0 Å². The van der Waals surface area contributed by atoms with E-state index in [1.807, 2.05) is 6.08 Å². The van der Waals surface area contributed by atoms with Crippen molar-refractivity contribution in [2.75, 3.05) is 0 Å². The SMILES string of the molecule is ClC1=C(Cl)CCCCC=C1.[Ru+2]. The predicted molar refractivity (Wildman–Crippen MR) is 46.3 cm³/mol. The van der Waals surface area contributed by atoms with Crippen molar-refractivity contribution in [3.8, 4) is 0 Å². The Kier molecular flexibility index (Phi) is 6.61. The van der Waals surface area contributed by atoms with E-state index in [9.17, 15) is 0 Å². The second kappa shape index (κ2) is 6.23. The van der Waals surface area contributed by atoms with Crippen LogP contribution in [-0.4, -0.2) is 0 Å². The minimum absolute atomic E-state index is 0. The van der Waals surface area contributed by atoms with E-state index in [1.54, 1.807) is 0 Å². The molecule has 0 atom stereocenters. The first-order valence-electron chi connectivity index (χ1n) is 3.51. The van der Waals surface area contributed by atoms with Crippen LogP contribution in [0.25, 0.3) is 0 Å². The van der Waals surface area contributed by atoms with Crippen LogP contribution in [-0.2, 0) is 19.5 Å². The van der Waals surface area contributed by atoms with Gasteiger partial charge in [0.2, 0.25) is 0 Å². The number of hydrogen-bond donors (Lipinski definition) is 0. The maximum Gasteiger partial charge on any atom is 2.00 e. The monoisotopic (exact) mass is 278 g/mol. The van der Waals surface area contributed by atoms with Gasteiger partial charge >= 0.3 is 19.5 Å². The van der Waals surface area contributed by atoms with E-state index in [0.717, 1.165) is 24.3 Å². The average molecular weight is 278 g/mol. The first-order valence-corrected chi connectivity index (χ1v) is 4.27. The van der Waals surface area contributed by atoms with Crippen LogP contribution in [0.3, 0.4) is 0 Å². The molecule has 3 heteroatoms. The molecular weight excluding hydrogens is 268 g/mol. The molecule has 0 saturated heterocycles. The van der Waals surface area contributed by atoms with Crippen molar-refractivity contribution in [1.29, 1.82) is 0 Å². The van der Waals surface area contributed by atoms with Crippen LogP contribution in [0.5, 0.6) is 0 Å². The zero-order chi connectivity index (χ0) is 7.40. The Hall–Kier alpha value is 0.683. The molecule has 0 spiro atoms. The molecule has 0 unspecified atom stereocenters. The average Bonchev–Trinajstić information content (AvgIpc) is 1.92. The zero-order valence-electron chi connectivity index (χ0n) is 6.09. The Morgan fingerprint density at radius 2 is 1.91 bits per heavy atom.